The Bertz CT molecular complexity index is 285. The number of rotatable bonds is 6. The lowest BCUT2D eigenvalue weighted by atomic mass is 10.2. The minimum Gasteiger partial charge on any atom is -0.525 e. The molecule has 0 N–H and O–H groups in total. The number of carbonyl (C=O) groups is 1. The first-order valence-corrected chi connectivity index (χ1v) is 7.10. The molecule has 0 unspecified atom stereocenters. The normalized spacial score (nSPS) is 10.7. The Balaban J connectivity index is 2.19. The van der Waals surface area contributed by atoms with Crippen LogP contribution in [-0.4, -0.2) is 15.7 Å². The monoisotopic (exact) mass is 222 g/mol. The second-order valence-corrected chi connectivity index (χ2v) is 4.99. The predicted octanol–water partition coefficient (Wildman–Crippen LogP) is 2.07. The molecule has 82 valence electrons. The van der Waals surface area contributed by atoms with E-state index in [-0.39, 0.29) is 5.97 Å². The largest absolute Gasteiger partial charge is 0.525 e. The van der Waals surface area contributed by atoms with Gasteiger partial charge in [-0.2, -0.15) is 0 Å². The van der Waals surface area contributed by atoms with E-state index in [0.717, 1.165) is 11.6 Å². The van der Waals surface area contributed by atoms with E-state index < -0.39 is 9.76 Å². The molecule has 0 saturated heterocycles. The van der Waals surface area contributed by atoms with Gasteiger partial charge in [-0.25, -0.2) is 0 Å². The highest BCUT2D eigenvalue weighted by Gasteiger charge is 2.03. The Kier molecular flexibility index (Phi) is 5.78. The van der Waals surface area contributed by atoms with Crippen LogP contribution in [0.4, 0.5) is 0 Å². The molecule has 0 fully saturated rings. The number of benzene rings is 1. The van der Waals surface area contributed by atoms with Crippen molar-refractivity contribution in [2.75, 3.05) is 0 Å². The van der Waals surface area contributed by atoms with Crippen LogP contribution in [0.5, 0.6) is 0 Å². The molecule has 2 nitrogen and oxygen atoms in total. The molecule has 0 bridgehead atoms. The van der Waals surface area contributed by atoms with Gasteiger partial charge in [0.2, 0.25) is 9.76 Å². The van der Waals surface area contributed by atoms with Gasteiger partial charge in [0.25, 0.3) is 5.97 Å². The molecular weight excluding hydrogens is 204 g/mol. The maximum Gasteiger partial charge on any atom is 0.296 e. The van der Waals surface area contributed by atoms with E-state index in [1.54, 1.807) is 0 Å². The summed E-state index contributed by atoms with van der Waals surface area (Å²) in [5.41, 5.74) is 1.03. The van der Waals surface area contributed by atoms with Gasteiger partial charge in [-0.15, -0.1) is 0 Å². The van der Waals surface area contributed by atoms with Gasteiger partial charge in [0.15, 0.2) is 0 Å². The van der Waals surface area contributed by atoms with Crippen molar-refractivity contribution in [3.8, 4) is 0 Å². The summed E-state index contributed by atoms with van der Waals surface area (Å²) in [7, 11) is -0.613. The summed E-state index contributed by atoms with van der Waals surface area (Å²) in [6.45, 7) is 2.15. The Morgan fingerprint density at radius 2 is 2.07 bits per heavy atom. The number of unbranched alkanes of at least 4 members (excludes halogenated alkanes) is 1. The van der Waals surface area contributed by atoms with Crippen LogP contribution in [0.2, 0.25) is 6.04 Å². The molecule has 0 amide bonds. The zero-order valence-corrected chi connectivity index (χ0v) is 10.7. The Morgan fingerprint density at radius 1 is 1.33 bits per heavy atom. The molecule has 0 spiro atoms. The van der Waals surface area contributed by atoms with Gasteiger partial charge in [0.05, 0.1) is 6.42 Å². The fraction of sp³-hybridized carbons (Fsp3) is 0.417. The van der Waals surface area contributed by atoms with Crippen LogP contribution in [0.1, 0.15) is 25.3 Å². The van der Waals surface area contributed by atoms with Crippen molar-refractivity contribution in [1.82, 2.24) is 0 Å². The summed E-state index contributed by atoms with van der Waals surface area (Å²) in [6, 6.07) is 10.8. The summed E-state index contributed by atoms with van der Waals surface area (Å²) in [6.07, 6.45) is 2.79. The SMILES string of the molecule is CCCC[SiH2]OC(=O)Cc1ccccc1. The summed E-state index contributed by atoms with van der Waals surface area (Å²) in [4.78, 5) is 11.4. The standard InChI is InChI=1S/C12H18O2Si/c1-2-3-9-15-14-12(13)10-11-7-5-4-6-8-11/h4-8H,2-3,9-10,15H2,1H3. The smallest absolute Gasteiger partial charge is 0.296 e. The molecule has 0 aliphatic rings. The maximum atomic E-state index is 11.4. The van der Waals surface area contributed by atoms with Gasteiger partial charge in [-0.1, -0.05) is 50.1 Å². The molecule has 1 aromatic rings. The molecule has 0 atom stereocenters. The lowest BCUT2D eigenvalue weighted by Gasteiger charge is -2.04. The van der Waals surface area contributed by atoms with Gasteiger partial charge in [0, 0.05) is 0 Å². The minimum atomic E-state index is -0.613. The molecule has 0 aliphatic heterocycles. The van der Waals surface area contributed by atoms with Crippen LogP contribution in [-0.2, 0) is 15.6 Å². The van der Waals surface area contributed by atoms with Crippen LogP contribution in [0.15, 0.2) is 30.3 Å². The third-order valence-electron chi connectivity index (χ3n) is 2.20. The number of hydrogen-bond acceptors (Lipinski definition) is 2. The molecule has 1 rings (SSSR count). The molecular formula is C12H18O2Si. The minimum absolute atomic E-state index is 0.0658. The molecule has 0 heterocycles. The summed E-state index contributed by atoms with van der Waals surface area (Å²) in [5.74, 6) is -0.0658. The molecule has 0 aliphatic carbocycles. The van der Waals surface area contributed by atoms with E-state index >= 15 is 0 Å². The summed E-state index contributed by atoms with van der Waals surface area (Å²) < 4.78 is 5.25. The molecule has 3 heteroatoms. The van der Waals surface area contributed by atoms with E-state index in [9.17, 15) is 4.79 Å². The fourth-order valence-electron chi connectivity index (χ4n) is 1.35. The lowest BCUT2D eigenvalue weighted by Crippen LogP contribution is -2.10. The zero-order chi connectivity index (χ0) is 10.9. The third kappa shape index (κ3) is 5.37. The van der Waals surface area contributed by atoms with Gasteiger partial charge < -0.3 is 4.43 Å². The molecule has 0 radical (unpaired) electrons. The predicted molar refractivity (Wildman–Crippen MR) is 64.5 cm³/mol. The van der Waals surface area contributed by atoms with Crippen molar-refractivity contribution in [1.29, 1.82) is 0 Å². The Hall–Kier alpha value is -1.09. The summed E-state index contributed by atoms with van der Waals surface area (Å²) in [5, 5.41) is 0. The lowest BCUT2D eigenvalue weighted by molar-refractivity contribution is -0.133. The average molecular weight is 222 g/mol. The van der Waals surface area contributed by atoms with Crippen LogP contribution in [0.3, 0.4) is 0 Å². The van der Waals surface area contributed by atoms with Crippen LogP contribution in [0.25, 0.3) is 0 Å². The van der Waals surface area contributed by atoms with Gasteiger partial charge in [-0.3, -0.25) is 4.79 Å². The second kappa shape index (κ2) is 7.23. The highest BCUT2D eigenvalue weighted by atomic mass is 28.2. The van der Waals surface area contributed by atoms with E-state index in [4.69, 9.17) is 4.43 Å². The Morgan fingerprint density at radius 3 is 2.73 bits per heavy atom. The number of hydrogen-bond donors (Lipinski definition) is 0. The molecule has 0 aromatic heterocycles. The molecule has 15 heavy (non-hydrogen) atoms. The van der Waals surface area contributed by atoms with Gasteiger partial charge >= 0.3 is 0 Å². The van der Waals surface area contributed by atoms with Crippen molar-refractivity contribution in [3.63, 3.8) is 0 Å². The van der Waals surface area contributed by atoms with Crippen LogP contribution >= 0.6 is 0 Å². The van der Waals surface area contributed by atoms with Crippen LogP contribution < -0.4 is 0 Å². The fourth-order valence-corrected chi connectivity index (χ4v) is 2.53. The molecule has 1 aromatic carbocycles. The van der Waals surface area contributed by atoms with E-state index in [1.165, 1.54) is 12.8 Å². The van der Waals surface area contributed by atoms with Gasteiger partial charge in [0.1, 0.15) is 0 Å². The highest BCUT2D eigenvalue weighted by molar-refractivity contribution is 6.30. The van der Waals surface area contributed by atoms with E-state index in [2.05, 4.69) is 6.92 Å². The topological polar surface area (TPSA) is 26.3 Å². The van der Waals surface area contributed by atoms with Crippen molar-refractivity contribution in [2.24, 2.45) is 0 Å². The quantitative estimate of drug-likeness (QED) is 0.544. The first-order valence-electron chi connectivity index (χ1n) is 5.52. The van der Waals surface area contributed by atoms with Crippen LogP contribution in [0, 0.1) is 0 Å². The highest BCUT2D eigenvalue weighted by Crippen LogP contribution is 2.01. The van der Waals surface area contributed by atoms with E-state index in [0.29, 0.717) is 6.42 Å². The van der Waals surface area contributed by atoms with Crippen molar-refractivity contribution < 1.29 is 9.22 Å². The van der Waals surface area contributed by atoms with Crippen molar-refractivity contribution in [2.45, 2.75) is 32.2 Å². The average Bonchev–Trinajstić information content (AvgIpc) is 2.26. The van der Waals surface area contributed by atoms with Gasteiger partial charge in [-0.05, 0) is 11.6 Å². The summed E-state index contributed by atoms with van der Waals surface area (Å²) >= 11 is 0. The first-order chi connectivity index (χ1) is 7.33. The third-order valence-corrected chi connectivity index (χ3v) is 3.52. The molecule has 0 saturated carbocycles. The second-order valence-electron chi connectivity index (χ2n) is 3.59. The number of carbonyl (C=O) groups excluding carboxylic acids is 1. The first kappa shape index (κ1) is 12.0. The van der Waals surface area contributed by atoms with Crippen molar-refractivity contribution in [3.05, 3.63) is 35.9 Å². The van der Waals surface area contributed by atoms with E-state index in [1.807, 2.05) is 30.3 Å². The zero-order valence-electron chi connectivity index (χ0n) is 9.24. The Labute approximate surface area is 93.6 Å². The maximum absolute atomic E-state index is 11.4. The van der Waals surface area contributed by atoms with Crippen molar-refractivity contribution >= 4 is 15.7 Å².